The van der Waals surface area contributed by atoms with Gasteiger partial charge in [0.1, 0.15) is 0 Å². The smallest absolute Gasteiger partial charge is 0.0701 e. The monoisotopic (exact) mass is 245 g/mol. The van der Waals surface area contributed by atoms with Gasteiger partial charge in [0.15, 0.2) is 0 Å². The van der Waals surface area contributed by atoms with Crippen molar-refractivity contribution >= 4 is 0 Å². The van der Waals surface area contributed by atoms with Crippen LogP contribution in [0.1, 0.15) is 32.6 Å². The summed E-state index contributed by atoms with van der Waals surface area (Å²) in [5, 5.41) is 3.58. The molecule has 1 rings (SSSR count). The van der Waals surface area contributed by atoms with Crippen LogP contribution in [-0.4, -0.2) is 52.2 Å². The van der Waals surface area contributed by atoms with Gasteiger partial charge in [0, 0.05) is 19.2 Å². The third kappa shape index (κ3) is 6.99. The first-order chi connectivity index (χ1) is 8.27. The van der Waals surface area contributed by atoms with Crippen LogP contribution in [0.15, 0.2) is 0 Å². The van der Waals surface area contributed by atoms with Crippen molar-refractivity contribution in [3.63, 3.8) is 0 Å². The molecule has 0 spiro atoms. The first-order valence-electron chi connectivity index (χ1n) is 6.66. The second-order valence-electron chi connectivity index (χ2n) is 4.91. The maximum absolute atomic E-state index is 5.49. The van der Waals surface area contributed by atoms with Gasteiger partial charge in [-0.1, -0.05) is 12.8 Å². The first kappa shape index (κ1) is 14.9. The second-order valence-corrected chi connectivity index (χ2v) is 4.91. The molecule has 0 aromatic rings. The van der Waals surface area contributed by atoms with Crippen molar-refractivity contribution < 1.29 is 14.2 Å². The quantitative estimate of drug-likeness (QED) is 0.593. The van der Waals surface area contributed by atoms with Crippen molar-refractivity contribution in [3.8, 4) is 0 Å². The summed E-state index contributed by atoms with van der Waals surface area (Å²) in [5.41, 5.74) is 0.359. The van der Waals surface area contributed by atoms with E-state index in [1.807, 2.05) is 0 Å². The molecule has 4 heteroatoms. The topological polar surface area (TPSA) is 39.7 Å². The third-order valence-corrected chi connectivity index (χ3v) is 3.31. The molecule has 0 amide bonds. The molecule has 1 fully saturated rings. The lowest BCUT2D eigenvalue weighted by Gasteiger charge is -2.25. The summed E-state index contributed by atoms with van der Waals surface area (Å²) in [7, 11) is 1.68. The third-order valence-electron chi connectivity index (χ3n) is 3.31. The van der Waals surface area contributed by atoms with Crippen LogP contribution < -0.4 is 5.32 Å². The van der Waals surface area contributed by atoms with Crippen LogP contribution in [0.4, 0.5) is 0 Å². The summed E-state index contributed by atoms with van der Waals surface area (Å²) in [6.45, 7) is 6.64. The zero-order valence-corrected chi connectivity index (χ0v) is 11.3. The van der Waals surface area contributed by atoms with E-state index in [2.05, 4.69) is 12.2 Å². The molecule has 1 aliphatic carbocycles. The summed E-state index contributed by atoms with van der Waals surface area (Å²) in [4.78, 5) is 0. The molecule has 1 saturated carbocycles. The van der Waals surface area contributed by atoms with E-state index in [1.165, 1.54) is 25.7 Å². The highest BCUT2D eigenvalue weighted by Crippen LogP contribution is 2.28. The van der Waals surface area contributed by atoms with Gasteiger partial charge in [0.25, 0.3) is 0 Å². The van der Waals surface area contributed by atoms with Crippen LogP contribution in [0.3, 0.4) is 0 Å². The number of methoxy groups -OCH3 is 1. The number of rotatable bonds is 10. The Morgan fingerprint density at radius 2 is 1.53 bits per heavy atom. The van der Waals surface area contributed by atoms with Gasteiger partial charge >= 0.3 is 0 Å². The number of ether oxygens (including phenoxy) is 3. The van der Waals surface area contributed by atoms with Crippen LogP contribution in [0.2, 0.25) is 0 Å². The molecular weight excluding hydrogens is 218 g/mol. The molecule has 0 unspecified atom stereocenters. The molecule has 1 aliphatic rings. The first-order valence-corrected chi connectivity index (χ1v) is 6.66. The van der Waals surface area contributed by atoms with E-state index in [1.54, 1.807) is 7.11 Å². The Hall–Kier alpha value is -0.160. The zero-order chi connectivity index (χ0) is 12.4. The summed E-state index contributed by atoms with van der Waals surface area (Å²) in [6.07, 6.45) is 5.32. The van der Waals surface area contributed by atoms with Crippen LogP contribution >= 0.6 is 0 Å². The van der Waals surface area contributed by atoms with Crippen molar-refractivity contribution in [1.82, 2.24) is 5.32 Å². The van der Waals surface area contributed by atoms with Gasteiger partial charge in [-0.3, -0.25) is 0 Å². The van der Waals surface area contributed by atoms with Crippen molar-refractivity contribution in [2.75, 3.05) is 46.7 Å². The Labute approximate surface area is 105 Å². The average Bonchev–Trinajstić information content (AvgIpc) is 2.74. The molecule has 0 bridgehead atoms. The maximum Gasteiger partial charge on any atom is 0.0701 e. The van der Waals surface area contributed by atoms with Gasteiger partial charge in [-0.05, 0) is 19.8 Å². The maximum atomic E-state index is 5.49. The molecule has 0 atom stereocenters. The molecule has 102 valence electrons. The van der Waals surface area contributed by atoms with Crippen LogP contribution in [-0.2, 0) is 14.2 Å². The Morgan fingerprint density at radius 1 is 0.941 bits per heavy atom. The van der Waals surface area contributed by atoms with Crippen molar-refractivity contribution in [1.29, 1.82) is 0 Å². The Kier molecular flexibility index (Phi) is 7.77. The summed E-state index contributed by atoms with van der Waals surface area (Å²) < 4.78 is 15.7. The van der Waals surface area contributed by atoms with E-state index in [4.69, 9.17) is 14.2 Å². The van der Waals surface area contributed by atoms with Gasteiger partial charge in [-0.2, -0.15) is 0 Å². The van der Waals surface area contributed by atoms with Crippen molar-refractivity contribution in [3.05, 3.63) is 0 Å². The molecule has 17 heavy (non-hydrogen) atoms. The largest absolute Gasteiger partial charge is 0.382 e. The predicted octanol–water partition coefficient (Wildman–Crippen LogP) is 1.59. The van der Waals surface area contributed by atoms with Crippen molar-refractivity contribution in [2.45, 2.75) is 38.1 Å². The lowest BCUT2D eigenvalue weighted by molar-refractivity contribution is 0.0246. The van der Waals surface area contributed by atoms with E-state index >= 15 is 0 Å². The number of hydrogen-bond acceptors (Lipinski definition) is 4. The molecule has 4 nitrogen and oxygen atoms in total. The highest BCUT2D eigenvalue weighted by Gasteiger charge is 2.27. The molecule has 1 N–H and O–H groups in total. The van der Waals surface area contributed by atoms with Crippen molar-refractivity contribution in [2.24, 2.45) is 0 Å². The van der Waals surface area contributed by atoms with Gasteiger partial charge in [-0.15, -0.1) is 0 Å². The minimum absolute atomic E-state index is 0.359. The Morgan fingerprint density at radius 3 is 2.18 bits per heavy atom. The van der Waals surface area contributed by atoms with Gasteiger partial charge < -0.3 is 19.5 Å². The molecular formula is C13H27NO3. The minimum atomic E-state index is 0.359. The normalized spacial score (nSPS) is 18.7. The molecule has 0 aromatic heterocycles. The van der Waals surface area contributed by atoms with E-state index in [0.717, 1.165) is 13.2 Å². The molecule has 0 heterocycles. The standard InChI is InChI=1S/C13H27NO3/c1-13(5-3-4-6-13)14-7-8-16-11-12-17-10-9-15-2/h14H,3-12H2,1-2H3. The lowest BCUT2D eigenvalue weighted by Crippen LogP contribution is -2.41. The highest BCUT2D eigenvalue weighted by molar-refractivity contribution is 4.87. The molecule has 0 aromatic carbocycles. The Bertz CT molecular complexity index is 182. The number of nitrogens with one attached hydrogen (secondary N) is 1. The van der Waals surface area contributed by atoms with E-state index in [9.17, 15) is 0 Å². The molecule has 0 saturated heterocycles. The van der Waals surface area contributed by atoms with Crippen LogP contribution in [0.25, 0.3) is 0 Å². The predicted molar refractivity (Wildman–Crippen MR) is 68.4 cm³/mol. The summed E-state index contributed by atoms with van der Waals surface area (Å²) in [6, 6.07) is 0. The SMILES string of the molecule is COCCOCCOCCNC1(C)CCCC1. The Balaban J connectivity index is 1.81. The average molecular weight is 245 g/mol. The second kappa shape index (κ2) is 8.86. The summed E-state index contributed by atoms with van der Waals surface area (Å²) in [5.74, 6) is 0. The van der Waals surface area contributed by atoms with E-state index in [0.29, 0.717) is 32.0 Å². The zero-order valence-electron chi connectivity index (χ0n) is 11.3. The molecule has 0 aliphatic heterocycles. The fraction of sp³-hybridized carbons (Fsp3) is 1.00. The fourth-order valence-corrected chi connectivity index (χ4v) is 2.22. The lowest BCUT2D eigenvalue weighted by atomic mass is 10.0. The van der Waals surface area contributed by atoms with Gasteiger partial charge in [0.05, 0.1) is 33.0 Å². The van der Waals surface area contributed by atoms with Gasteiger partial charge in [-0.25, -0.2) is 0 Å². The minimum Gasteiger partial charge on any atom is -0.382 e. The van der Waals surface area contributed by atoms with E-state index in [-0.39, 0.29) is 0 Å². The molecule has 0 radical (unpaired) electrons. The van der Waals surface area contributed by atoms with Gasteiger partial charge in [0.2, 0.25) is 0 Å². The number of hydrogen-bond donors (Lipinski definition) is 1. The fourth-order valence-electron chi connectivity index (χ4n) is 2.22. The summed E-state index contributed by atoms with van der Waals surface area (Å²) >= 11 is 0. The van der Waals surface area contributed by atoms with E-state index < -0.39 is 0 Å². The van der Waals surface area contributed by atoms with Crippen LogP contribution in [0.5, 0.6) is 0 Å². The highest BCUT2D eigenvalue weighted by atomic mass is 16.5. The van der Waals surface area contributed by atoms with Crippen LogP contribution in [0, 0.1) is 0 Å².